The van der Waals surface area contributed by atoms with Crippen molar-refractivity contribution in [3.63, 3.8) is 0 Å². The third-order valence-electron chi connectivity index (χ3n) is 2.63. The molecular weight excluding hydrogens is 244 g/mol. The van der Waals surface area contributed by atoms with Gasteiger partial charge in [-0.25, -0.2) is 9.97 Å². The van der Waals surface area contributed by atoms with Gasteiger partial charge in [0.15, 0.2) is 5.13 Å². The van der Waals surface area contributed by atoms with Crippen LogP contribution in [-0.2, 0) is 0 Å². The van der Waals surface area contributed by atoms with E-state index in [0.29, 0.717) is 5.13 Å². The number of nitrogens with one attached hydrogen (secondary N) is 1. The molecule has 3 aromatic rings. The van der Waals surface area contributed by atoms with E-state index in [1.54, 1.807) is 0 Å². The maximum atomic E-state index is 5.69. The molecule has 0 aliphatic rings. The van der Waals surface area contributed by atoms with Crippen molar-refractivity contribution in [2.24, 2.45) is 0 Å². The highest BCUT2D eigenvalue weighted by molar-refractivity contribution is 7.21. The lowest BCUT2D eigenvalue weighted by Gasteiger charge is -2.07. The van der Waals surface area contributed by atoms with Crippen LogP contribution in [0.2, 0.25) is 0 Å². The molecule has 0 saturated carbocycles. The van der Waals surface area contributed by atoms with Crippen molar-refractivity contribution in [1.29, 1.82) is 0 Å². The average molecular weight is 256 g/mol. The predicted octanol–water partition coefficient (Wildman–Crippen LogP) is 3.33. The number of benzene rings is 1. The van der Waals surface area contributed by atoms with Crippen LogP contribution in [0, 0.1) is 6.92 Å². The van der Waals surface area contributed by atoms with Gasteiger partial charge in [-0.2, -0.15) is 0 Å². The van der Waals surface area contributed by atoms with Gasteiger partial charge < -0.3 is 11.1 Å². The molecule has 1 aromatic carbocycles. The average Bonchev–Trinajstić information content (AvgIpc) is 2.70. The Balaban J connectivity index is 2.03. The van der Waals surface area contributed by atoms with E-state index >= 15 is 0 Å². The SMILES string of the molecule is Cc1cc2nc(N)sc2nc1Nc1ccccc1. The molecule has 3 N–H and O–H groups in total. The topological polar surface area (TPSA) is 63.8 Å². The van der Waals surface area contributed by atoms with Gasteiger partial charge in [-0.15, -0.1) is 0 Å². The van der Waals surface area contributed by atoms with Crippen molar-refractivity contribution in [1.82, 2.24) is 9.97 Å². The fourth-order valence-corrected chi connectivity index (χ4v) is 2.45. The molecule has 0 radical (unpaired) electrons. The summed E-state index contributed by atoms with van der Waals surface area (Å²) in [6.45, 7) is 2.01. The first-order valence-electron chi connectivity index (χ1n) is 5.58. The zero-order valence-corrected chi connectivity index (χ0v) is 10.7. The van der Waals surface area contributed by atoms with Crippen LogP contribution in [0.25, 0.3) is 10.3 Å². The number of hydrogen-bond donors (Lipinski definition) is 2. The molecule has 2 heterocycles. The third-order valence-corrected chi connectivity index (χ3v) is 3.42. The second kappa shape index (κ2) is 4.27. The van der Waals surface area contributed by atoms with Crippen molar-refractivity contribution < 1.29 is 0 Å². The van der Waals surface area contributed by atoms with Gasteiger partial charge in [0.25, 0.3) is 0 Å². The Morgan fingerprint density at radius 2 is 1.94 bits per heavy atom. The van der Waals surface area contributed by atoms with Crippen molar-refractivity contribution in [3.8, 4) is 0 Å². The zero-order valence-electron chi connectivity index (χ0n) is 9.84. The van der Waals surface area contributed by atoms with Crippen LogP contribution in [0.1, 0.15) is 5.56 Å². The van der Waals surface area contributed by atoms with Gasteiger partial charge in [-0.1, -0.05) is 29.5 Å². The highest BCUT2D eigenvalue weighted by atomic mass is 32.1. The first-order valence-corrected chi connectivity index (χ1v) is 6.40. The van der Waals surface area contributed by atoms with Gasteiger partial charge in [0.1, 0.15) is 16.2 Å². The van der Waals surface area contributed by atoms with Crippen LogP contribution in [0.4, 0.5) is 16.6 Å². The summed E-state index contributed by atoms with van der Waals surface area (Å²) in [5.74, 6) is 0.845. The molecular formula is C13H12N4S. The Bertz CT molecular complexity index is 691. The molecule has 90 valence electrons. The highest BCUT2D eigenvalue weighted by Crippen LogP contribution is 2.27. The lowest BCUT2D eigenvalue weighted by Crippen LogP contribution is -1.96. The number of thiazole rings is 1. The molecule has 0 aliphatic heterocycles. The summed E-state index contributed by atoms with van der Waals surface area (Å²) in [7, 11) is 0. The zero-order chi connectivity index (χ0) is 12.5. The number of para-hydroxylation sites is 1. The highest BCUT2D eigenvalue weighted by Gasteiger charge is 2.07. The minimum atomic E-state index is 0.550. The number of anilines is 3. The molecule has 18 heavy (non-hydrogen) atoms. The summed E-state index contributed by atoms with van der Waals surface area (Å²) in [6.07, 6.45) is 0. The number of hydrogen-bond acceptors (Lipinski definition) is 5. The number of pyridine rings is 1. The number of aromatic nitrogens is 2. The molecule has 0 aliphatic carbocycles. The third kappa shape index (κ3) is 2.00. The number of aryl methyl sites for hydroxylation is 1. The lowest BCUT2D eigenvalue weighted by molar-refractivity contribution is 1.31. The van der Waals surface area contributed by atoms with Gasteiger partial charge >= 0.3 is 0 Å². The first-order chi connectivity index (χ1) is 8.72. The van der Waals surface area contributed by atoms with Crippen molar-refractivity contribution in [2.75, 3.05) is 11.1 Å². The van der Waals surface area contributed by atoms with E-state index in [1.165, 1.54) is 11.3 Å². The molecule has 3 rings (SSSR count). The Morgan fingerprint density at radius 3 is 2.72 bits per heavy atom. The largest absolute Gasteiger partial charge is 0.375 e. The summed E-state index contributed by atoms with van der Waals surface area (Å²) in [5.41, 5.74) is 8.62. The number of nitrogen functional groups attached to an aromatic ring is 1. The summed E-state index contributed by atoms with van der Waals surface area (Å²) in [4.78, 5) is 9.64. The van der Waals surface area contributed by atoms with Gasteiger partial charge in [-0.3, -0.25) is 0 Å². The lowest BCUT2D eigenvalue weighted by atomic mass is 10.2. The summed E-state index contributed by atoms with van der Waals surface area (Å²) >= 11 is 1.40. The van der Waals surface area contributed by atoms with Gasteiger partial charge in [0.05, 0.1) is 0 Å². The maximum absolute atomic E-state index is 5.69. The van der Waals surface area contributed by atoms with E-state index in [1.807, 2.05) is 43.3 Å². The molecule has 4 nitrogen and oxygen atoms in total. The van der Waals surface area contributed by atoms with E-state index in [9.17, 15) is 0 Å². The van der Waals surface area contributed by atoms with Crippen LogP contribution in [0.3, 0.4) is 0 Å². The minimum absolute atomic E-state index is 0.550. The standard InChI is InChI=1S/C13H12N4S/c1-8-7-10-12(18-13(14)16-10)17-11(8)15-9-5-3-2-4-6-9/h2-7H,1H3,(H2,14,16)(H,15,17). The Labute approximate surface area is 109 Å². The predicted molar refractivity (Wildman–Crippen MR) is 76.3 cm³/mol. The summed E-state index contributed by atoms with van der Waals surface area (Å²) in [5, 5.41) is 3.85. The molecule has 0 amide bonds. The van der Waals surface area contributed by atoms with Crippen LogP contribution in [-0.4, -0.2) is 9.97 Å². The van der Waals surface area contributed by atoms with Gasteiger partial charge in [-0.05, 0) is 30.7 Å². The molecule has 0 bridgehead atoms. The van der Waals surface area contributed by atoms with E-state index < -0.39 is 0 Å². The number of rotatable bonds is 2. The normalized spacial score (nSPS) is 10.7. The fraction of sp³-hybridized carbons (Fsp3) is 0.0769. The molecule has 0 atom stereocenters. The second-order valence-electron chi connectivity index (χ2n) is 4.02. The summed E-state index contributed by atoms with van der Waals surface area (Å²) < 4.78 is 0. The van der Waals surface area contributed by atoms with Crippen LogP contribution < -0.4 is 11.1 Å². The molecule has 0 spiro atoms. The first kappa shape index (κ1) is 11.0. The van der Waals surface area contributed by atoms with E-state index in [-0.39, 0.29) is 0 Å². The molecule has 0 unspecified atom stereocenters. The quantitative estimate of drug-likeness (QED) is 0.738. The summed E-state index contributed by atoms with van der Waals surface area (Å²) in [6, 6.07) is 12.0. The second-order valence-corrected chi connectivity index (χ2v) is 5.03. The Hall–Kier alpha value is -2.14. The maximum Gasteiger partial charge on any atom is 0.182 e. The van der Waals surface area contributed by atoms with Crippen LogP contribution in [0.5, 0.6) is 0 Å². The molecule has 5 heteroatoms. The van der Waals surface area contributed by atoms with Crippen molar-refractivity contribution in [3.05, 3.63) is 42.0 Å². The monoisotopic (exact) mass is 256 g/mol. The smallest absolute Gasteiger partial charge is 0.182 e. The van der Waals surface area contributed by atoms with E-state index in [2.05, 4.69) is 15.3 Å². The fourth-order valence-electron chi connectivity index (χ4n) is 1.76. The minimum Gasteiger partial charge on any atom is -0.375 e. The number of nitrogens with zero attached hydrogens (tertiary/aromatic N) is 2. The number of fused-ring (bicyclic) bond motifs is 1. The van der Waals surface area contributed by atoms with Crippen molar-refractivity contribution >= 4 is 38.3 Å². The van der Waals surface area contributed by atoms with Gasteiger partial charge in [0.2, 0.25) is 0 Å². The molecule has 0 fully saturated rings. The van der Waals surface area contributed by atoms with Gasteiger partial charge in [0, 0.05) is 5.69 Å². The van der Waals surface area contributed by atoms with Crippen LogP contribution in [0.15, 0.2) is 36.4 Å². The van der Waals surface area contributed by atoms with E-state index in [4.69, 9.17) is 5.73 Å². The van der Waals surface area contributed by atoms with E-state index in [0.717, 1.165) is 27.4 Å². The number of nitrogens with two attached hydrogens (primary N) is 1. The molecule has 2 aromatic heterocycles. The van der Waals surface area contributed by atoms with Crippen molar-refractivity contribution in [2.45, 2.75) is 6.92 Å². The molecule has 0 saturated heterocycles. The Kier molecular flexibility index (Phi) is 2.60. The van der Waals surface area contributed by atoms with Crippen LogP contribution >= 0.6 is 11.3 Å². The Morgan fingerprint density at radius 1 is 1.17 bits per heavy atom.